The normalized spacial score (nSPS) is 10.7. The molecular formula is C18H20N4O3. The van der Waals surface area contributed by atoms with Crippen molar-refractivity contribution in [3.63, 3.8) is 0 Å². The van der Waals surface area contributed by atoms with Gasteiger partial charge >= 0.3 is 0 Å². The van der Waals surface area contributed by atoms with E-state index in [4.69, 9.17) is 9.47 Å². The summed E-state index contributed by atoms with van der Waals surface area (Å²) in [7, 11) is 4.99. The number of nitrogens with zero attached hydrogens (tertiary/aromatic N) is 3. The van der Waals surface area contributed by atoms with Crippen LogP contribution in [0.2, 0.25) is 0 Å². The Labute approximate surface area is 145 Å². The number of methoxy groups -OCH3 is 2. The molecule has 1 aromatic carbocycles. The third-order valence-corrected chi connectivity index (χ3v) is 3.96. The fourth-order valence-electron chi connectivity index (χ4n) is 2.76. The van der Waals surface area contributed by atoms with E-state index in [0.717, 1.165) is 22.3 Å². The van der Waals surface area contributed by atoms with Crippen LogP contribution in [-0.4, -0.2) is 34.9 Å². The fourth-order valence-corrected chi connectivity index (χ4v) is 2.76. The van der Waals surface area contributed by atoms with E-state index in [9.17, 15) is 4.79 Å². The molecular weight excluding hydrogens is 320 g/mol. The Morgan fingerprint density at radius 2 is 1.96 bits per heavy atom. The molecule has 3 aromatic rings. The lowest BCUT2D eigenvalue weighted by atomic mass is 10.1. The van der Waals surface area contributed by atoms with Gasteiger partial charge in [-0.2, -0.15) is 5.10 Å². The van der Waals surface area contributed by atoms with Gasteiger partial charge in [-0.25, -0.2) is 4.98 Å². The molecule has 7 heteroatoms. The smallest absolute Gasteiger partial charge is 0.228 e. The number of carbonyl (C=O) groups is 1. The van der Waals surface area contributed by atoms with E-state index in [1.54, 1.807) is 37.2 Å². The molecule has 0 bridgehead atoms. The predicted octanol–water partition coefficient (Wildman–Crippen LogP) is 2.48. The number of anilines is 1. The van der Waals surface area contributed by atoms with Crippen LogP contribution >= 0.6 is 0 Å². The van der Waals surface area contributed by atoms with Crippen molar-refractivity contribution in [1.82, 2.24) is 14.8 Å². The Hall–Kier alpha value is -3.09. The largest absolute Gasteiger partial charge is 0.493 e. The van der Waals surface area contributed by atoms with Crippen LogP contribution in [-0.2, 0) is 18.3 Å². The molecule has 0 aliphatic carbocycles. The van der Waals surface area contributed by atoms with Crippen molar-refractivity contribution >= 4 is 22.6 Å². The SMILES string of the molecule is COc1ccc(CC(=O)Nc2cnc3c(c2)c(C)nn3C)cc1OC. The van der Waals surface area contributed by atoms with E-state index < -0.39 is 0 Å². The highest BCUT2D eigenvalue weighted by Gasteiger charge is 2.11. The molecule has 0 aliphatic heterocycles. The number of pyridine rings is 1. The van der Waals surface area contributed by atoms with E-state index in [1.165, 1.54) is 0 Å². The van der Waals surface area contributed by atoms with Gasteiger partial charge in [0.25, 0.3) is 0 Å². The van der Waals surface area contributed by atoms with E-state index in [2.05, 4.69) is 15.4 Å². The van der Waals surface area contributed by atoms with Crippen LogP contribution in [0.15, 0.2) is 30.5 Å². The molecule has 0 radical (unpaired) electrons. The second-order valence-corrected chi connectivity index (χ2v) is 5.72. The van der Waals surface area contributed by atoms with Crippen molar-refractivity contribution in [1.29, 1.82) is 0 Å². The lowest BCUT2D eigenvalue weighted by Crippen LogP contribution is -2.14. The number of benzene rings is 1. The third kappa shape index (κ3) is 3.40. The molecule has 3 rings (SSSR count). The maximum absolute atomic E-state index is 12.3. The van der Waals surface area contributed by atoms with E-state index in [0.29, 0.717) is 17.2 Å². The summed E-state index contributed by atoms with van der Waals surface area (Å²) in [4.78, 5) is 16.7. The second kappa shape index (κ2) is 6.80. The van der Waals surface area contributed by atoms with Crippen molar-refractivity contribution in [2.75, 3.05) is 19.5 Å². The summed E-state index contributed by atoms with van der Waals surface area (Å²) in [6.45, 7) is 1.92. The summed E-state index contributed by atoms with van der Waals surface area (Å²) >= 11 is 0. The summed E-state index contributed by atoms with van der Waals surface area (Å²) in [6, 6.07) is 7.31. The van der Waals surface area contributed by atoms with E-state index in [-0.39, 0.29) is 12.3 Å². The molecule has 0 fully saturated rings. The number of carbonyl (C=O) groups excluding carboxylic acids is 1. The molecule has 2 aromatic heterocycles. The average Bonchev–Trinajstić information content (AvgIpc) is 2.88. The lowest BCUT2D eigenvalue weighted by Gasteiger charge is -2.10. The fraction of sp³-hybridized carbons (Fsp3) is 0.278. The zero-order valence-electron chi connectivity index (χ0n) is 14.7. The van der Waals surface area contributed by atoms with Crippen molar-refractivity contribution in [2.24, 2.45) is 7.05 Å². The van der Waals surface area contributed by atoms with E-state index in [1.807, 2.05) is 26.1 Å². The minimum Gasteiger partial charge on any atom is -0.493 e. The topological polar surface area (TPSA) is 78.3 Å². The quantitative estimate of drug-likeness (QED) is 0.772. The molecule has 1 amide bonds. The van der Waals surface area contributed by atoms with Crippen LogP contribution in [0.3, 0.4) is 0 Å². The molecule has 0 saturated heterocycles. The van der Waals surface area contributed by atoms with Gasteiger partial charge in [-0.3, -0.25) is 9.48 Å². The Morgan fingerprint density at radius 1 is 1.20 bits per heavy atom. The van der Waals surface area contributed by atoms with Crippen molar-refractivity contribution in [2.45, 2.75) is 13.3 Å². The summed E-state index contributed by atoms with van der Waals surface area (Å²) in [5.41, 5.74) is 3.15. The molecule has 1 N–H and O–H groups in total. The Balaban J connectivity index is 1.75. The van der Waals surface area contributed by atoms with Gasteiger partial charge in [0, 0.05) is 12.4 Å². The highest BCUT2D eigenvalue weighted by atomic mass is 16.5. The van der Waals surface area contributed by atoms with Crippen LogP contribution in [0.4, 0.5) is 5.69 Å². The number of fused-ring (bicyclic) bond motifs is 1. The van der Waals surface area contributed by atoms with Crippen LogP contribution in [0.1, 0.15) is 11.3 Å². The zero-order valence-corrected chi connectivity index (χ0v) is 14.7. The lowest BCUT2D eigenvalue weighted by molar-refractivity contribution is -0.115. The minimum absolute atomic E-state index is 0.130. The first kappa shape index (κ1) is 16.8. The molecule has 7 nitrogen and oxygen atoms in total. The molecule has 0 atom stereocenters. The minimum atomic E-state index is -0.130. The van der Waals surface area contributed by atoms with Crippen molar-refractivity contribution in [3.05, 3.63) is 41.7 Å². The van der Waals surface area contributed by atoms with Gasteiger partial charge in [-0.05, 0) is 30.7 Å². The average molecular weight is 340 g/mol. The van der Waals surface area contributed by atoms with Crippen LogP contribution in [0.25, 0.3) is 11.0 Å². The number of hydrogen-bond acceptors (Lipinski definition) is 5. The van der Waals surface area contributed by atoms with Crippen molar-refractivity contribution < 1.29 is 14.3 Å². The summed E-state index contributed by atoms with van der Waals surface area (Å²) < 4.78 is 12.2. The van der Waals surface area contributed by atoms with Crippen LogP contribution in [0.5, 0.6) is 11.5 Å². The van der Waals surface area contributed by atoms with Gasteiger partial charge in [0.2, 0.25) is 5.91 Å². The van der Waals surface area contributed by atoms with E-state index >= 15 is 0 Å². The monoisotopic (exact) mass is 340 g/mol. The number of hydrogen-bond donors (Lipinski definition) is 1. The number of rotatable bonds is 5. The molecule has 0 saturated carbocycles. The first-order chi connectivity index (χ1) is 12.0. The molecule has 0 unspecified atom stereocenters. The number of amides is 1. The molecule has 2 heterocycles. The molecule has 0 aliphatic rings. The summed E-state index contributed by atoms with van der Waals surface area (Å²) in [6.07, 6.45) is 1.86. The molecule has 25 heavy (non-hydrogen) atoms. The zero-order chi connectivity index (χ0) is 18.0. The highest BCUT2D eigenvalue weighted by Crippen LogP contribution is 2.28. The predicted molar refractivity (Wildman–Crippen MR) is 95.1 cm³/mol. The van der Waals surface area contributed by atoms with Gasteiger partial charge < -0.3 is 14.8 Å². The number of ether oxygens (including phenoxy) is 2. The summed E-state index contributed by atoms with van der Waals surface area (Å²) in [5.74, 6) is 1.10. The van der Waals surface area contributed by atoms with Gasteiger partial charge in [0.05, 0.1) is 38.2 Å². The van der Waals surface area contributed by atoms with Crippen LogP contribution < -0.4 is 14.8 Å². The Morgan fingerprint density at radius 3 is 2.68 bits per heavy atom. The van der Waals surface area contributed by atoms with Gasteiger partial charge in [0.1, 0.15) is 0 Å². The number of aromatic nitrogens is 3. The third-order valence-electron chi connectivity index (χ3n) is 3.96. The number of aryl methyl sites for hydroxylation is 2. The van der Waals surface area contributed by atoms with Gasteiger partial charge in [-0.1, -0.05) is 6.07 Å². The highest BCUT2D eigenvalue weighted by molar-refractivity contribution is 5.94. The maximum atomic E-state index is 12.3. The van der Waals surface area contributed by atoms with Crippen LogP contribution in [0, 0.1) is 6.92 Å². The first-order valence-corrected chi connectivity index (χ1v) is 7.82. The second-order valence-electron chi connectivity index (χ2n) is 5.72. The molecule has 0 spiro atoms. The maximum Gasteiger partial charge on any atom is 0.228 e. The molecule has 130 valence electrons. The summed E-state index contributed by atoms with van der Waals surface area (Å²) in [5, 5.41) is 8.13. The Bertz CT molecular complexity index is 933. The number of nitrogens with one attached hydrogen (secondary N) is 1. The van der Waals surface area contributed by atoms with Gasteiger partial charge in [0.15, 0.2) is 17.1 Å². The first-order valence-electron chi connectivity index (χ1n) is 7.82. The van der Waals surface area contributed by atoms with Gasteiger partial charge in [-0.15, -0.1) is 0 Å². The Kier molecular flexibility index (Phi) is 4.56. The van der Waals surface area contributed by atoms with Crippen molar-refractivity contribution in [3.8, 4) is 11.5 Å². The standard InChI is InChI=1S/C18H20N4O3/c1-11-14-9-13(10-19-18(14)22(2)21-11)20-17(23)8-12-5-6-15(24-3)16(7-12)25-4/h5-7,9-10H,8H2,1-4H3,(H,20,23).